The minimum absolute atomic E-state index is 0.125. The first-order valence-corrected chi connectivity index (χ1v) is 2.50. The molecule has 0 aliphatic rings. The third-order valence-corrected chi connectivity index (χ3v) is 0.401. The smallest absolute Gasteiger partial charge is 0.0942 e. The van der Waals surface area contributed by atoms with Crippen LogP contribution in [-0.4, -0.2) is 13.9 Å². The first-order valence-electron chi connectivity index (χ1n) is 2.50. The van der Waals surface area contributed by atoms with Crippen LogP contribution in [0.4, 0.5) is 8.78 Å². The fourth-order valence-electron chi connectivity index (χ4n) is 0. The van der Waals surface area contributed by atoms with E-state index in [1.54, 1.807) is 0 Å². The molecular weight excluding hydrogens is 110 g/mol. The predicted molar refractivity (Wildman–Crippen MR) is 32.5 cm³/mol. The van der Waals surface area contributed by atoms with Gasteiger partial charge >= 0.3 is 0 Å². The van der Waals surface area contributed by atoms with E-state index in [0.29, 0.717) is 7.18 Å². The Labute approximate surface area is 49.9 Å². The van der Waals surface area contributed by atoms with E-state index in [9.17, 15) is 8.78 Å². The summed E-state index contributed by atoms with van der Waals surface area (Å²) in [6.07, 6.45) is 0. The molecule has 0 aliphatic heterocycles. The van der Waals surface area contributed by atoms with Crippen molar-refractivity contribution >= 4 is 0 Å². The fourth-order valence-corrected chi connectivity index (χ4v) is 0. The monoisotopic (exact) mass is 124 g/mol. The van der Waals surface area contributed by atoms with Gasteiger partial charge in [-0.2, -0.15) is 0 Å². The van der Waals surface area contributed by atoms with E-state index < -0.39 is 0 Å². The van der Waals surface area contributed by atoms with Crippen LogP contribution in [0.3, 0.4) is 0 Å². The lowest BCUT2D eigenvalue weighted by atomic mass is 10.00. The molecule has 0 aromatic carbocycles. The highest BCUT2D eigenvalue weighted by molar-refractivity contribution is 4.56. The van der Waals surface area contributed by atoms with E-state index in [1.807, 2.05) is 20.8 Å². The van der Waals surface area contributed by atoms with Crippen LogP contribution in [0.25, 0.3) is 0 Å². The lowest BCUT2D eigenvalue weighted by Gasteiger charge is -2.09. The summed E-state index contributed by atoms with van der Waals surface area (Å²) < 4.78 is 21.0. The van der Waals surface area contributed by atoms with Crippen molar-refractivity contribution < 1.29 is 8.78 Å². The van der Waals surface area contributed by atoms with Crippen molar-refractivity contribution in [3.05, 3.63) is 0 Å². The van der Waals surface area contributed by atoms with E-state index in [4.69, 9.17) is 0 Å². The Balaban J connectivity index is 0. The van der Waals surface area contributed by atoms with E-state index in [0.717, 1.165) is 0 Å². The number of alkyl halides is 2. The van der Waals surface area contributed by atoms with Crippen molar-refractivity contribution in [2.45, 2.75) is 20.8 Å². The van der Waals surface area contributed by atoms with Gasteiger partial charge < -0.3 is 0 Å². The number of hydrogen-bond acceptors (Lipinski definition) is 0. The van der Waals surface area contributed by atoms with Gasteiger partial charge in [-0.15, -0.1) is 0 Å². The second kappa shape index (κ2) is 5.01. The van der Waals surface area contributed by atoms with Gasteiger partial charge in [-0.3, -0.25) is 8.78 Å². The van der Waals surface area contributed by atoms with Crippen molar-refractivity contribution in [2.24, 2.45) is 5.41 Å². The second-order valence-electron chi connectivity index (χ2n) is 2.69. The maximum atomic E-state index is 11.5. The highest BCUT2D eigenvalue weighted by Crippen LogP contribution is 2.11. The molecule has 0 saturated carbocycles. The third kappa shape index (κ3) is 16.9. The quantitative estimate of drug-likeness (QED) is 0.465. The Morgan fingerprint density at radius 1 is 1.12 bits per heavy atom. The molecule has 52 valence electrons. The van der Waals surface area contributed by atoms with Crippen LogP contribution in [0, 0.1) is 5.41 Å². The molecule has 0 saturated heterocycles. The molecule has 0 radical (unpaired) electrons. The zero-order chi connectivity index (χ0) is 7.21. The Bertz CT molecular complexity index is 36.3. The highest BCUT2D eigenvalue weighted by atomic mass is 19.1. The van der Waals surface area contributed by atoms with Gasteiger partial charge in [0.15, 0.2) is 0 Å². The normalized spacial score (nSPS) is 9.75. The maximum absolute atomic E-state index is 11.5. The number of hydrogen-bond donors (Lipinski definition) is 0. The topological polar surface area (TPSA) is 0 Å². The van der Waals surface area contributed by atoms with Crippen LogP contribution in [0.1, 0.15) is 20.8 Å². The van der Waals surface area contributed by atoms with Crippen molar-refractivity contribution in [2.75, 3.05) is 13.9 Å². The van der Waals surface area contributed by atoms with E-state index in [-0.39, 0.29) is 12.1 Å². The minimum Gasteiger partial charge on any atom is -0.255 e. The fraction of sp³-hybridized carbons (Fsp3) is 1.00. The van der Waals surface area contributed by atoms with Crippen LogP contribution in [0.15, 0.2) is 0 Å². The molecule has 0 unspecified atom stereocenters. The van der Waals surface area contributed by atoms with Crippen molar-refractivity contribution in [3.8, 4) is 0 Å². The summed E-state index contributed by atoms with van der Waals surface area (Å²) in [7, 11) is 0.500. The molecule has 0 aromatic heterocycles. The van der Waals surface area contributed by atoms with Gasteiger partial charge in [-0.25, -0.2) is 0 Å². The van der Waals surface area contributed by atoms with Gasteiger partial charge in [0, 0.05) is 0 Å². The summed E-state index contributed by atoms with van der Waals surface area (Å²) in [5, 5.41) is 0. The standard InChI is InChI=1S/C5H11F.CH3F/c1-5(2,3)4-6;1-2/h4H2,1-3H3;1H3. The molecule has 0 bridgehead atoms. The minimum atomic E-state index is -0.229. The van der Waals surface area contributed by atoms with Crippen LogP contribution in [0.5, 0.6) is 0 Å². The van der Waals surface area contributed by atoms with Gasteiger partial charge in [0.05, 0.1) is 13.9 Å². The van der Waals surface area contributed by atoms with E-state index >= 15 is 0 Å². The Morgan fingerprint density at radius 3 is 1.25 bits per heavy atom. The molecule has 0 aromatic rings. The molecule has 0 nitrogen and oxygen atoms in total. The summed E-state index contributed by atoms with van der Waals surface area (Å²) in [6.45, 7) is 5.38. The lowest BCUT2D eigenvalue weighted by Crippen LogP contribution is -2.05. The molecule has 0 heterocycles. The summed E-state index contributed by atoms with van der Waals surface area (Å²) in [6, 6.07) is 0. The number of rotatable bonds is 0. The summed E-state index contributed by atoms with van der Waals surface area (Å²) in [5.41, 5.74) is -0.125. The van der Waals surface area contributed by atoms with Gasteiger partial charge in [-0.05, 0) is 5.41 Å². The molecular formula is C6H14F2. The Kier molecular flexibility index (Phi) is 6.74. The van der Waals surface area contributed by atoms with Crippen molar-refractivity contribution in [1.29, 1.82) is 0 Å². The molecule has 0 atom stereocenters. The van der Waals surface area contributed by atoms with Gasteiger partial charge in [0.1, 0.15) is 0 Å². The zero-order valence-electron chi connectivity index (χ0n) is 5.96. The molecule has 0 rings (SSSR count). The summed E-state index contributed by atoms with van der Waals surface area (Å²) >= 11 is 0. The average molecular weight is 124 g/mol. The van der Waals surface area contributed by atoms with Crippen LogP contribution < -0.4 is 0 Å². The molecule has 8 heavy (non-hydrogen) atoms. The average Bonchev–Trinajstić information content (AvgIpc) is 1.71. The van der Waals surface area contributed by atoms with E-state index in [1.165, 1.54) is 0 Å². The molecule has 0 fully saturated rings. The predicted octanol–water partition coefficient (Wildman–Crippen LogP) is 2.59. The molecule has 0 spiro atoms. The van der Waals surface area contributed by atoms with Gasteiger partial charge in [0.25, 0.3) is 0 Å². The molecule has 2 heteroatoms. The highest BCUT2D eigenvalue weighted by Gasteiger charge is 2.06. The summed E-state index contributed by atoms with van der Waals surface area (Å²) in [5.74, 6) is 0. The van der Waals surface area contributed by atoms with Crippen molar-refractivity contribution in [3.63, 3.8) is 0 Å². The van der Waals surface area contributed by atoms with Crippen LogP contribution in [-0.2, 0) is 0 Å². The van der Waals surface area contributed by atoms with Crippen LogP contribution >= 0.6 is 0 Å². The van der Waals surface area contributed by atoms with Crippen LogP contribution in [0.2, 0.25) is 0 Å². The summed E-state index contributed by atoms with van der Waals surface area (Å²) in [4.78, 5) is 0. The Hall–Kier alpha value is -0.140. The van der Waals surface area contributed by atoms with Crippen molar-refractivity contribution in [1.82, 2.24) is 0 Å². The Morgan fingerprint density at radius 2 is 1.25 bits per heavy atom. The number of halogens is 2. The van der Waals surface area contributed by atoms with Gasteiger partial charge in [0.2, 0.25) is 0 Å². The largest absolute Gasteiger partial charge is 0.255 e. The van der Waals surface area contributed by atoms with Gasteiger partial charge in [-0.1, -0.05) is 20.8 Å². The second-order valence-corrected chi connectivity index (χ2v) is 2.69. The maximum Gasteiger partial charge on any atom is 0.0942 e. The molecule has 0 N–H and O–H groups in total. The third-order valence-electron chi connectivity index (χ3n) is 0.401. The molecule has 0 aliphatic carbocycles. The lowest BCUT2D eigenvalue weighted by molar-refractivity contribution is 0.285. The zero-order valence-corrected chi connectivity index (χ0v) is 5.96. The first-order chi connectivity index (χ1) is 3.56. The molecule has 0 amide bonds. The van der Waals surface area contributed by atoms with E-state index in [2.05, 4.69) is 0 Å². The SMILES string of the molecule is CC(C)(C)CF.CF. The first kappa shape index (κ1) is 10.8.